The van der Waals surface area contributed by atoms with Crippen molar-refractivity contribution in [2.45, 2.75) is 32.9 Å². The molecule has 0 saturated carbocycles. The molecular formula is C16H23NO3. The Hall–Kier alpha value is -1.97. The Morgan fingerprint density at radius 1 is 1.40 bits per heavy atom. The van der Waals surface area contributed by atoms with E-state index in [2.05, 4.69) is 6.58 Å². The lowest BCUT2D eigenvalue weighted by Gasteiger charge is -2.26. The molecule has 4 heteroatoms. The fourth-order valence-corrected chi connectivity index (χ4v) is 1.68. The number of carbonyl (C=O) groups is 1. The molecule has 0 aliphatic rings. The van der Waals surface area contributed by atoms with Crippen molar-refractivity contribution in [1.29, 1.82) is 0 Å². The Kier molecular flexibility index (Phi) is 5.62. The molecule has 0 spiro atoms. The zero-order chi connectivity index (χ0) is 15.2. The van der Waals surface area contributed by atoms with E-state index in [0.29, 0.717) is 13.1 Å². The third-order valence-corrected chi connectivity index (χ3v) is 2.51. The highest BCUT2D eigenvalue weighted by Gasteiger charge is 2.21. The van der Waals surface area contributed by atoms with Crippen LogP contribution in [0.2, 0.25) is 0 Å². The molecule has 0 aliphatic heterocycles. The summed E-state index contributed by atoms with van der Waals surface area (Å²) in [4.78, 5) is 13.7. The molecule has 0 unspecified atom stereocenters. The Morgan fingerprint density at radius 2 is 2.10 bits per heavy atom. The lowest BCUT2D eigenvalue weighted by Crippen LogP contribution is -2.36. The van der Waals surface area contributed by atoms with Gasteiger partial charge in [0.2, 0.25) is 0 Å². The van der Waals surface area contributed by atoms with Crippen LogP contribution in [0.1, 0.15) is 26.3 Å². The number of rotatable bonds is 5. The van der Waals surface area contributed by atoms with E-state index in [9.17, 15) is 4.79 Å². The van der Waals surface area contributed by atoms with Gasteiger partial charge in [-0.15, -0.1) is 6.58 Å². The summed E-state index contributed by atoms with van der Waals surface area (Å²) in [6.45, 7) is 10.1. The Labute approximate surface area is 121 Å². The minimum Gasteiger partial charge on any atom is -0.497 e. The van der Waals surface area contributed by atoms with Gasteiger partial charge in [0.25, 0.3) is 0 Å². The third kappa shape index (κ3) is 5.34. The summed E-state index contributed by atoms with van der Waals surface area (Å²) in [6, 6.07) is 7.62. The fraction of sp³-hybridized carbons (Fsp3) is 0.438. The van der Waals surface area contributed by atoms with E-state index in [1.807, 2.05) is 45.0 Å². The van der Waals surface area contributed by atoms with Gasteiger partial charge in [0.05, 0.1) is 7.11 Å². The average Bonchev–Trinajstić information content (AvgIpc) is 2.36. The topological polar surface area (TPSA) is 38.8 Å². The maximum Gasteiger partial charge on any atom is 0.410 e. The molecule has 0 heterocycles. The molecule has 1 amide bonds. The summed E-state index contributed by atoms with van der Waals surface area (Å²) in [5.74, 6) is 0.769. The molecular weight excluding hydrogens is 254 g/mol. The van der Waals surface area contributed by atoms with Crippen molar-refractivity contribution >= 4 is 6.09 Å². The zero-order valence-corrected chi connectivity index (χ0v) is 12.7. The van der Waals surface area contributed by atoms with Gasteiger partial charge in [0, 0.05) is 13.1 Å². The van der Waals surface area contributed by atoms with Gasteiger partial charge in [-0.2, -0.15) is 0 Å². The van der Waals surface area contributed by atoms with Crippen LogP contribution in [-0.2, 0) is 11.3 Å². The first kappa shape index (κ1) is 16.1. The second-order valence-corrected chi connectivity index (χ2v) is 5.50. The summed E-state index contributed by atoms with van der Waals surface area (Å²) in [6.07, 6.45) is 1.34. The van der Waals surface area contributed by atoms with Gasteiger partial charge in [0.15, 0.2) is 0 Å². The van der Waals surface area contributed by atoms with Crippen molar-refractivity contribution in [2.24, 2.45) is 0 Å². The van der Waals surface area contributed by atoms with Gasteiger partial charge in [-0.3, -0.25) is 0 Å². The average molecular weight is 277 g/mol. The van der Waals surface area contributed by atoms with Crippen LogP contribution >= 0.6 is 0 Å². The van der Waals surface area contributed by atoms with Gasteiger partial charge >= 0.3 is 6.09 Å². The molecule has 1 rings (SSSR count). The molecule has 0 saturated heterocycles. The largest absolute Gasteiger partial charge is 0.497 e. The summed E-state index contributed by atoms with van der Waals surface area (Å²) in [5, 5.41) is 0. The minimum absolute atomic E-state index is 0.347. The van der Waals surface area contributed by atoms with E-state index >= 15 is 0 Å². The minimum atomic E-state index is -0.509. The predicted molar refractivity (Wildman–Crippen MR) is 79.8 cm³/mol. The first-order valence-corrected chi connectivity index (χ1v) is 6.57. The zero-order valence-electron chi connectivity index (χ0n) is 12.7. The van der Waals surface area contributed by atoms with E-state index < -0.39 is 5.60 Å². The predicted octanol–water partition coefficient (Wildman–Crippen LogP) is 3.62. The Balaban J connectivity index is 2.80. The van der Waals surface area contributed by atoms with E-state index in [1.165, 1.54) is 0 Å². The number of methoxy groups -OCH3 is 1. The Bertz CT molecular complexity index is 463. The van der Waals surface area contributed by atoms with Crippen molar-refractivity contribution in [3.63, 3.8) is 0 Å². The van der Waals surface area contributed by atoms with Crippen molar-refractivity contribution in [1.82, 2.24) is 4.90 Å². The highest BCUT2D eigenvalue weighted by atomic mass is 16.6. The number of amides is 1. The quantitative estimate of drug-likeness (QED) is 0.772. The molecule has 0 aromatic heterocycles. The highest BCUT2D eigenvalue weighted by Crippen LogP contribution is 2.16. The lowest BCUT2D eigenvalue weighted by atomic mass is 10.2. The molecule has 0 N–H and O–H groups in total. The van der Waals surface area contributed by atoms with Gasteiger partial charge in [-0.25, -0.2) is 4.79 Å². The van der Waals surface area contributed by atoms with Gasteiger partial charge in [-0.05, 0) is 38.5 Å². The maximum absolute atomic E-state index is 12.1. The van der Waals surface area contributed by atoms with Crippen LogP contribution in [0.4, 0.5) is 4.79 Å². The third-order valence-electron chi connectivity index (χ3n) is 2.51. The smallest absolute Gasteiger partial charge is 0.410 e. The molecule has 20 heavy (non-hydrogen) atoms. The van der Waals surface area contributed by atoms with Crippen LogP contribution in [0.5, 0.6) is 5.75 Å². The number of nitrogens with zero attached hydrogens (tertiary/aromatic N) is 1. The number of carbonyl (C=O) groups excluding carboxylic acids is 1. The number of hydrogen-bond acceptors (Lipinski definition) is 3. The van der Waals surface area contributed by atoms with Crippen LogP contribution in [0.3, 0.4) is 0 Å². The maximum atomic E-state index is 12.1. The van der Waals surface area contributed by atoms with Crippen molar-refractivity contribution in [3.8, 4) is 5.75 Å². The fourth-order valence-electron chi connectivity index (χ4n) is 1.68. The SMILES string of the molecule is C=CCN(Cc1cccc(OC)c1)C(=O)OC(C)(C)C. The Morgan fingerprint density at radius 3 is 2.65 bits per heavy atom. The monoisotopic (exact) mass is 277 g/mol. The highest BCUT2D eigenvalue weighted by molar-refractivity contribution is 5.68. The van der Waals surface area contributed by atoms with E-state index in [-0.39, 0.29) is 6.09 Å². The summed E-state index contributed by atoms with van der Waals surface area (Å²) in [5.41, 5.74) is 0.474. The van der Waals surface area contributed by atoms with Gasteiger partial charge in [-0.1, -0.05) is 18.2 Å². The van der Waals surface area contributed by atoms with Crippen molar-refractivity contribution in [2.75, 3.05) is 13.7 Å². The lowest BCUT2D eigenvalue weighted by molar-refractivity contribution is 0.0256. The van der Waals surface area contributed by atoms with E-state index in [1.54, 1.807) is 18.1 Å². The standard InChI is InChI=1S/C16H23NO3/c1-6-10-17(15(18)20-16(2,3)4)12-13-8-7-9-14(11-13)19-5/h6-9,11H,1,10,12H2,2-5H3. The molecule has 0 fully saturated rings. The molecule has 0 atom stereocenters. The van der Waals surface area contributed by atoms with E-state index in [0.717, 1.165) is 11.3 Å². The molecule has 0 radical (unpaired) electrons. The summed E-state index contributed by atoms with van der Waals surface area (Å²) in [7, 11) is 1.62. The van der Waals surface area contributed by atoms with Crippen LogP contribution < -0.4 is 4.74 Å². The number of hydrogen-bond donors (Lipinski definition) is 0. The summed E-state index contributed by atoms with van der Waals surface area (Å²) >= 11 is 0. The van der Waals surface area contributed by atoms with Crippen molar-refractivity contribution in [3.05, 3.63) is 42.5 Å². The van der Waals surface area contributed by atoms with Crippen LogP contribution in [-0.4, -0.2) is 30.2 Å². The van der Waals surface area contributed by atoms with Gasteiger partial charge in [0.1, 0.15) is 11.4 Å². The molecule has 110 valence electrons. The molecule has 0 aliphatic carbocycles. The van der Waals surface area contributed by atoms with Crippen molar-refractivity contribution < 1.29 is 14.3 Å². The molecule has 0 bridgehead atoms. The van der Waals surface area contributed by atoms with Crippen LogP contribution in [0.25, 0.3) is 0 Å². The van der Waals surface area contributed by atoms with Crippen LogP contribution in [0, 0.1) is 0 Å². The molecule has 1 aromatic rings. The second kappa shape index (κ2) is 6.98. The molecule has 1 aromatic carbocycles. The first-order valence-electron chi connectivity index (χ1n) is 6.57. The summed E-state index contributed by atoms with van der Waals surface area (Å²) < 4.78 is 10.6. The normalized spacial score (nSPS) is 10.8. The first-order chi connectivity index (χ1) is 9.35. The molecule has 4 nitrogen and oxygen atoms in total. The van der Waals surface area contributed by atoms with Crippen LogP contribution in [0.15, 0.2) is 36.9 Å². The van der Waals surface area contributed by atoms with Gasteiger partial charge < -0.3 is 14.4 Å². The number of ether oxygens (including phenoxy) is 2. The number of benzene rings is 1. The second-order valence-electron chi connectivity index (χ2n) is 5.50. The van der Waals surface area contributed by atoms with E-state index in [4.69, 9.17) is 9.47 Å².